The van der Waals surface area contributed by atoms with Crippen LogP contribution >= 0.6 is 0 Å². The molecule has 1 N–H and O–H groups in total. The molecule has 98 valence electrons. The fourth-order valence-corrected chi connectivity index (χ4v) is 1.52. The predicted molar refractivity (Wildman–Crippen MR) is 63.7 cm³/mol. The third-order valence-corrected chi connectivity index (χ3v) is 2.51. The summed E-state index contributed by atoms with van der Waals surface area (Å²) < 4.78 is 26.3. The van der Waals surface area contributed by atoms with E-state index in [-0.39, 0.29) is 0 Å². The number of rotatable bonds is 5. The van der Waals surface area contributed by atoms with E-state index in [4.69, 9.17) is 0 Å². The molecule has 7 heteroatoms. The highest BCUT2D eigenvalue weighted by atomic mass is 19.3. The molecule has 0 fully saturated rings. The van der Waals surface area contributed by atoms with Gasteiger partial charge in [-0.2, -0.15) is 4.52 Å². The maximum Gasteiger partial charge on any atom is 0.299 e. The topological polar surface area (TPSA) is 55.1 Å². The molecule has 0 unspecified atom stereocenters. The molecule has 2 aromatic rings. The molecular formula is C11H15F2N5. The van der Waals surface area contributed by atoms with Crippen molar-refractivity contribution in [3.63, 3.8) is 0 Å². The zero-order valence-electron chi connectivity index (χ0n) is 10.3. The van der Waals surface area contributed by atoms with Crippen LogP contribution in [-0.4, -0.2) is 26.4 Å². The van der Waals surface area contributed by atoms with E-state index < -0.39 is 12.2 Å². The van der Waals surface area contributed by atoms with E-state index in [9.17, 15) is 8.78 Å². The van der Waals surface area contributed by atoms with E-state index in [1.807, 2.05) is 0 Å². The Labute approximate surface area is 103 Å². The molecule has 0 bridgehead atoms. The number of anilines is 1. The lowest BCUT2D eigenvalue weighted by atomic mass is 10.1. The maximum atomic E-state index is 12.6. The zero-order chi connectivity index (χ0) is 13.1. The SMILES string of the molecule is CC(C)CCNc1ccc2nnc(C(F)F)n2n1. The van der Waals surface area contributed by atoms with Crippen molar-refractivity contribution in [3.8, 4) is 0 Å². The van der Waals surface area contributed by atoms with Gasteiger partial charge < -0.3 is 5.32 Å². The lowest BCUT2D eigenvalue weighted by Crippen LogP contribution is -2.08. The quantitative estimate of drug-likeness (QED) is 0.892. The van der Waals surface area contributed by atoms with Crippen molar-refractivity contribution < 1.29 is 8.78 Å². The molecule has 0 aliphatic carbocycles. The van der Waals surface area contributed by atoms with Crippen LogP contribution in [0.15, 0.2) is 12.1 Å². The van der Waals surface area contributed by atoms with E-state index in [0.29, 0.717) is 17.4 Å². The van der Waals surface area contributed by atoms with E-state index in [0.717, 1.165) is 17.5 Å². The first-order valence-corrected chi connectivity index (χ1v) is 5.82. The average molecular weight is 255 g/mol. The molecule has 0 atom stereocenters. The van der Waals surface area contributed by atoms with Crippen molar-refractivity contribution >= 4 is 11.5 Å². The highest BCUT2D eigenvalue weighted by Crippen LogP contribution is 2.17. The van der Waals surface area contributed by atoms with Crippen LogP contribution in [0.3, 0.4) is 0 Å². The summed E-state index contributed by atoms with van der Waals surface area (Å²) in [5.41, 5.74) is 0.319. The molecule has 0 aromatic carbocycles. The third-order valence-electron chi connectivity index (χ3n) is 2.51. The van der Waals surface area contributed by atoms with Crippen LogP contribution in [0.1, 0.15) is 32.5 Å². The highest BCUT2D eigenvalue weighted by molar-refractivity contribution is 5.43. The summed E-state index contributed by atoms with van der Waals surface area (Å²) in [5.74, 6) is 0.690. The molecule has 0 aliphatic heterocycles. The van der Waals surface area contributed by atoms with Crippen LogP contribution in [0.25, 0.3) is 5.65 Å². The third kappa shape index (κ3) is 2.72. The fraction of sp³-hybridized carbons (Fsp3) is 0.545. The summed E-state index contributed by atoms with van der Waals surface area (Å²) >= 11 is 0. The standard InChI is InChI=1S/C11H15F2N5/c1-7(2)5-6-14-8-3-4-9-15-16-11(10(12)13)18(9)17-8/h3-4,7,10H,5-6H2,1-2H3,(H,14,17). The highest BCUT2D eigenvalue weighted by Gasteiger charge is 2.16. The van der Waals surface area contributed by atoms with Gasteiger partial charge in [0.25, 0.3) is 6.43 Å². The van der Waals surface area contributed by atoms with Gasteiger partial charge >= 0.3 is 0 Å². The predicted octanol–water partition coefficient (Wildman–Crippen LogP) is 2.52. The van der Waals surface area contributed by atoms with Gasteiger partial charge in [0.1, 0.15) is 5.82 Å². The Bertz CT molecular complexity index is 523. The molecule has 0 aliphatic rings. The number of aromatic nitrogens is 4. The van der Waals surface area contributed by atoms with Gasteiger partial charge in [-0.05, 0) is 24.5 Å². The van der Waals surface area contributed by atoms with Crippen LogP contribution < -0.4 is 5.32 Å². The van der Waals surface area contributed by atoms with Crippen molar-refractivity contribution in [1.29, 1.82) is 0 Å². The van der Waals surface area contributed by atoms with Gasteiger partial charge in [0.05, 0.1) is 0 Å². The number of fused-ring (bicyclic) bond motifs is 1. The van der Waals surface area contributed by atoms with Gasteiger partial charge in [-0.3, -0.25) is 0 Å². The van der Waals surface area contributed by atoms with Crippen molar-refractivity contribution in [1.82, 2.24) is 19.8 Å². The number of nitrogens with one attached hydrogen (secondary N) is 1. The summed E-state index contributed by atoms with van der Waals surface area (Å²) in [6.07, 6.45) is -1.69. The maximum absolute atomic E-state index is 12.6. The Morgan fingerprint density at radius 1 is 1.28 bits per heavy atom. The van der Waals surface area contributed by atoms with Gasteiger partial charge in [-0.1, -0.05) is 13.8 Å². The monoisotopic (exact) mass is 255 g/mol. The minimum Gasteiger partial charge on any atom is -0.369 e. The van der Waals surface area contributed by atoms with Gasteiger partial charge in [0.15, 0.2) is 5.65 Å². The van der Waals surface area contributed by atoms with Gasteiger partial charge in [0.2, 0.25) is 5.82 Å². The summed E-state index contributed by atoms with van der Waals surface area (Å²) in [6, 6.07) is 3.32. The summed E-state index contributed by atoms with van der Waals surface area (Å²) in [5, 5.41) is 14.2. The lowest BCUT2D eigenvalue weighted by molar-refractivity contribution is 0.137. The Kier molecular flexibility index (Phi) is 3.69. The second-order valence-corrected chi connectivity index (χ2v) is 4.46. The van der Waals surface area contributed by atoms with Crippen molar-refractivity contribution in [3.05, 3.63) is 18.0 Å². The number of hydrogen-bond donors (Lipinski definition) is 1. The first-order valence-electron chi connectivity index (χ1n) is 5.82. The fourth-order valence-electron chi connectivity index (χ4n) is 1.52. The molecule has 0 saturated carbocycles. The average Bonchev–Trinajstić information content (AvgIpc) is 2.71. The second kappa shape index (κ2) is 5.24. The minimum atomic E-state index is -2.68. The number of nitrogens with zero attached hydrogens (tertiary/aromatic N) is 4. The molecule has 0 spiro atoms. The molecule has 2 aromatic heterocycles. The van der Waals surface area contributed by atoms with Crippen LogP contribution in [0, 0.1) is 5.92 Å². The van der Waals surface area contributed by atoms with Gasteiger partial charge in [0, 0.05) is 6.54 Å². The van der Waals surface area contributed by atoms with Crippen molar-refractivity contribution in [2.45, 2.75) is 26.7 Å². The molecular weight excluding hydrogens is 240 g/mol. The molecule has 0 amide bonds. The number of alkyl halides is 2. The summed E-state index contributed by atoms with van der Waals surface area (Å²) in [6.45, 7) is 4.99. The van der Waals surface area contributed by atoms with E-state index in [2.05, 4.69) is 34.5 Å². The molecule has 2 rings (SSSR count). The van der Waals surface area contributed by atoms with E-state index in [1.165, 1.54) is 0 Å². The Morgan fingerprint density at radius 2 is 2.06 bits per heavy atom. The zero-order valence-corrected chi connectivity index (χ0v) is 10.3. The molecule has 0 radical (unpaired) electrons. The molecule has 18 heavy (non-hydrogen) atoms. The van der Waals surface area contributed by atoms with Gasteiger partial charge in [-0.15, -0.1) is 15.3 Å². The van der Waals surface area contributed by atoms with Crippen molar-refractivity contribution in [2.24, 2.45) is 5.92 Å². The minimum absolute atomic E-state index is 0.319. The Morgan fingerprint density at radius 3 is 2.72 bits per heavy atom. The van der Waals surface area contributed by atoms with Crippen molar-refractivity contribution in [2.75, 3.05) is 11.9 Å². The van der Waals surface area contributed by atoms with Crippen LogP contribution in [-0.2, 0) is 0 Å². The molecule has 5 nitrogen and oxygen atoms in total. The van der Waals surface area contributed by atoms with Crippen LogP contribution in [0.2, 0.25) is 0 Å². The Balaban J connectivity index is 2.17. The number of hydrogen-bond acceptors (Lipinski definition) is 4. The first-order chi connectivity index (χ1) is 8.58. The molecule has 2 heterocycles. The van der Waals surface area contributed by atoms with Crippen LogP contribution in [0.4, 0.5) is 14.6 Å². The Hall–Kier alpha value is -1.79. The van der Waals surface area contributed by atoms with Gasteiger partial charge in [-0.25, -0.2) is 8.78 Å². The number of halogens is 2. The van der Waals surface area contributed by atoms with Crippen LogP contribution in [0.5, 0.6) is 0 Å². The van der Waals surface area contributed by atoms with E-state index >= 15 is 0 Å². The molecule has 0 saturated heterocycles. The van der Waals surface area contributed by atoms with E-state index in [1.54, 1.807) is 12.1 Å². The second-order valence-electron chi connectivity index (χ2n) is 4.46. The normalized spacial score (nSPS) is 11.7. The smallest absolute Gasteiger partial charge is 0.299 e. The lowest BCUT2D eigenvalue weighted by Gasteiger charge is -2.07. The first kappa shape index (κ1) is 12.7. The summed E-state index contributed by atoms with van der Waals surface area (Å²) in [7, 11) is 0. The summed E-state index contributed by atoms with van der Waals surface area (Å²) in [4.78, 5) is 0. The largest absolute Gasteiger partial charge is 0.369 e.